The van der Waals surface area contributed by atoms with Crippen molar-refractivity contribution in [1.82, 2.24) is 15.3 Å². The summed E-state index contributed by atoms with van der Waals surface area (Å²) in [5.41, 5.74) is 0. The van der Waals surface area contributed by atoms with E-state index in [9.17, 15) is 9.59 Å². The van der Waals surface area contributed by atoms with Gasteiger partial charge in [0, 0.05) is 32.0 Å². The highest BCUT2D eigenvalue weighted by atomic mass is 16.5. The minimum absolute atomic E-state index is 0.0617. The van der Waals surface area contributed by atoms with E-state index in [4.69, 9.17) is 9.47 Å². The maximum Gasteiger partial charge on any atom is 0.307 e. The van der Waals surface area contributed by atoms with Gasteiger partial charge in [-0.25, -0.2) is 9.97 Å². The van der Waals surface area contributed by atoms with E-state index < -0.39 is 0 Å². The summed E-state index contributed by atoms with van der Waals surface area (Å²) in [4.78, 5) is 34.8. The van der Waals surface area contributed by atoms with E-state index in [1.54, 1.807) is 19.3 Å². The molecule has 29 heavy (non-hydrogen) atoms. The number of hydrogen-bond acceptors (Lipinski definition) is 7. The van der Waals surface area contributed by atoms with Gasteiger partial charge >= 0.3 is 5.97 Å². The molecule has 0 spiro atoms. The number of piperidine rings is 1. The van der Waals surface area contributed by atoms with E-state index in [0.717, 1.165) is 19.4 Å². The quantitative estimate of drug-likeness (QED) is 0.683. The van der Waals surface area contributed by atoms with E-state index in [1.165, 1.54) is 0 Å². The van der Waals surface area contributed by atoms with Crippen LogP contribution in [0.25, 0.3) is 0 Å². The topological polar surface area (TPSA) is 93.7 Å². The van der Waals surface area contributed by atoms with Crippen molar-refractivity contribution in [3.8, 4) is 11.6 Å². The second kappa shape index (κ2) is 10.4. The van der Waals surface area contributed by atoms with Gasteiger partial charge in [-0.05, 0) is 31.9 Å². The zero-order chi connectivity index (χ0) is 20.5. The fourth-order valence-electron chi connectivity index (χ4n) is 3.26. The van der Waals surface area contributed by atoms with E-state index in [0.29, 0.717) is 30.6 Å². The molecule has 1 atom stereocenters. The molecule has 1 fully saturated rings. The van der Waals surface area contributed by atoms with Gasteiger partial charge in [-0.2, -0.15) is 0 Å². The van der Waals surface area contributed by atoms with E-state index in [-0.39, 0.29) is 30.8 Å². The second-order valence-electron chi connectivity index (χ2n) is 6.73. The fraction of sp³-hybridized carbons (Fsp3) is 0.429. The predicted octanol–water partition coefficient (Wildman–Crippen LogP) is 2.55. The third kappa shape index (κ3) is 5.91. The molecule has 3 rings (SSSR count). The third-order valence-electron chi connectivity index (χ3n) is 4.63. The first-order valence-corrected chi connectivity index (χ1v) is 9.89. The number of carbonyl (C=O) groups is 2. The summed E-state index contributed by atoms with van der Waals surface area (Å²) in [5.74, 6) is 1.17. The van der Waals surface area contributed by atoms with Crippen molar-refractivity contribution >= 4 is 17.7 Å². The molecule has 8 nitrogen and oxygen atoms in total. The van der Waals surface area contributed by atoms with Crippen LogP contribution in [-0.2, 0) is 14.3 Å². The molecule has 1 saturated heterocycles. The van der Waals surface area contributed by atoms with Gasteiger partial charge in [-0.1, -0.05) is 18.2 Å². The average molecular weight is 398 g/mol. The van der Waals surface area contributed by atoms with Gasteiger partial charge in [0.25, 0.3) is 5.88 Å². The lowest BCUT2D eigenvalue weighted by Crippen LogP contribution is -2.44. The molecule has 8 heteroatoms. The van der Waals surface area contributed by atoms with Crippen molar-refractivity contribution in [2.24, 2.45) is 5.92 Å². The fourth-order valence-corrected chi connectivity index (χ4v) is 3.26. The lowest BCUT2D eigenvalue weighted by atomic mass is 9.97. The summed E-state index contributed by atoms with van der Waals surface area (Å²) in [6, 6.07) is 9.41. The Morgan fingerprint density at radius 3 is 2.79 bits per heavy atom. The molecule has 1 unspecified atom stereocenters. The molecule has 2 aromatic rings. The van der Waals surface area contributed by atoms with Crippen LogP contribution in [0.5, 0.6) is 11.6 Å². The molecule has 0 bridgehead atoms. The van der Waals surface area contributed by atoms with Crippen LogP contribution >= 0.6 is 0 Å². The Hall–Kier alpha value is -3.16. The molecule has 1 aliphatic rings. The van der Waals surface area contributed by atoms with Crippen LogP contribution in [0.1, 0.15) is 26.2 Å². The van der Waals surface area contributed by atoms with Crippen LogP contribution in [0.3, 0.4) is 0 Å². The van der Waals surface area contributed by atoms with Crippen molar-refractivity contribution < 1.29 is 19.1 Å². The van der Waals surface area contributed by atoms with Crippen molar-refractivity contribution in [3.05, 3.63) is 42.7 Å². The lowest BCUT2D eigenvalue weighted by molar-refractivity contribution is -0.143. The Morgan fingerprint density at radius 2 is 2.00 bits per heavy atom. The maximum absolute atomic E-state index is 12.5. The molecule has 1 aromatic heterocycles. The lowest BCUT2D eigenvalue weighted by Gasteiger charge is -2.33. The minimum Gasteiger partial charge on any atom is -0.466 e. The number of amides is 1. The predicted molar refractivity (Wildman–Crippen MR) is 108 cm³/mol. The van der Waals surface area contributed by atoms with Crippen LogP contribution < -0.4 is 15.0 Å². The highest BCUT2D eigenvalue weighted by Gasteiger charge is 2.28. The van der Waals surface area contributed by atoms with Crippen molar-refractivity contribution in [2.75, 3.05) is 31.1 Å². The first kappa shape index (κ1) is 20.6. The molecular formula is C21H26N4O4. The van der Waals surface area contributed by atoms with E-state index in [2.05, 4.69) is 15.3 Å². The summed E-state index contributed by atoms with van der Waals surface area (Å²) in [5, 5.41) is 2.83. The van der Waals surface area contributed by atoms with Crippen LogP contribution in [0.4, 0.5) is 5.82 Å². The number of carbonyl (C=O) groups excluding carboxylic acids is 2. The Bertz CT molecular complexity index is 815. The number of nitrogens with zero attached hydrogens (tertiary/aromatic N) is 3. The highest BCUT2D eigenvalue weighted by Crippen LogP contribution is 2.30. The molecule has 0 aliphatic carbocycles. The highest BCUT2D eigenvalue weighted by molar-refractivity contribution is 5.80. The molecule has 0 radical (unpaired) electrons. The summed E-state index contributed by atoms with van der Waals surface area (Å²) in [7, 11) is 0. The van der Waals surface area contributed by atoms with Gasteiger partial charge in [0.1, 0.15) is 5.75 Å². The normalized spacial score (nSPS) is 16.2. The summed E-state index contributed by atoms with van der Waals surface area (Å²) < 4.78 is 10.8. The number of rotatable bonds is 8. The standard InChI is InChI=1S/C21H26N4O4/c1-2-28-18(26)10-11-23-20(27)16-7-6-14-25(15-16)19-21(24-13-12-22-19)29-17-8-4-3-5-9-17/h3-5,8-9,12-13,16H,2,6-7,10-11,14-15H2,1H3,(H,23,27). The number of para-hydroxylation sites is 1. The number of aromatic nitrogens is 2. The zero-order valence-electron chi connectivity index (χ0n) is 16.5. The van der Waals surface area contributed by atoms with E-state index >= 15 is 0 Å². The van der Waals surface area contributed by atoms with Crippen LogP contribution in [0, 0.1) is 5.92 Å². The van der Waals surface area contributed by atoms with Crippen LogP contribution in [-0.4, -0.2) is 48.1 Å². The van der Waals surface area contributed by atoms with Gasteiger partial charge < -0.3 is 19.7 Å². The Labute approximate surface area is 170 Å². The Balaban J connectivity index is 1.60. The van der Waals surface area contributed by atoms with Crippen molar-refractivity contribution in [2.45, 2.75) is 26.2 Å². The monoisotopic (exact) mass is 398 g/mol. The summed E-state index contributed by atoms with van der Waals surface area (Å²) >= 11 is 0. The van der Waals surface area contributed by atoms with E-state index in [1.807, 2.05) is 35.2 Å². The third-order valence-corrected chi connectivity index (χ3v) is 4.63. The SMILES string of the molecule is CCOC(=O)CCNC(=O)C1CCCN(c2nccnc2Oc2ccccc2)C1. The number of nitrogens with one attached hydrogen (secondary N) is 1. The van der Waals surface area contributed by atoms with Crippen molar-refractivity contribution in [3.63, 3.8) is 0 Å². The molecule has 1 aliphatic heterocycles. The largest absolute Gasteiger partial charge is 0.466 e. The molecule has 1 N–H and O–H groups in total. The van der Waals surface area contributed by atoms with Gasteiger partial charge in [-0.15, -0.1) is 0 Å². The number of ether oxygens (including phenoxy) is 2. The van der Waals surface area contributed by atoms with Gasteiger partial charge in [0.05, 0.1) is 18.9 Å². The zero-order valence-corrected chi connectivity index (χ0v) is 16.5. The number of esters is 1. The average Bonchev–Trinajstić information content (AvgIpc) is 2.75. The molecule has 2 heterocycles. The maximum atomic E-state index is 12.5. The molecule has 1 amide bonds. The van der Waals surface area contributed by atoms with Crippen molar-refractivity contribution in [1.29, 1.82) is 0 Å². The van der Waals surface area contributed by atoms with Gasteiger partial charge in [-0.3, -0.25) is 9.59 Å². The Kier molecular flexibility index (Phi) is 7.38. The molecule has 1 aromatic carbocycles. The van der Waals surface area contributed by atoms with Crippen LogP contribution in [0.15, 0.2) is 42.7 Å². The molecular weight excluding hydrogens is 372 g/mol. The molecule has 154 valence electrons. The number of anilines is 1. The number of hydrogen-bond donors (Lipinski definition) is 1. The smallest absolute Gasteiger partial charge is 0.307 e. The van der Waals surface area contributed by atoms with Crippen LogP contribution in [0.2, 0.25) is 0 Å². The Morgan fingerprint density at radius 1 is 1.21 bits per heavy atom. The number of benzene rings is 1. The van der Waals surface area contributed by atoms with Gasteiger partial charge in [0.15, 0.2) is 5.82 Å². The second-order valence-corrected chi connectivity index (χ2v) is 6.73. The minimum atomic E-state index is -0.305. The first-order valence-electron chi connectivity index (χ1n) is 9.89. The molecule has 0 saturated carbocycles. The summed E-state index contributed by atoms with van der Waals surface area (Å²) in [6.07, 6.45) is 5.03. The van der Waals surface area contributed by atoms with Gasteiger partial charge in [0.2, 0.25) is 5.91 Å². The summed E-state index contributed by atoms with van der Waals surface area (Å²) in [6.45, 7) is 3.68. The first-order chi connectivity index (χ1) is 14.2.